The molecule has 4 N–H and O–H groups in total. The van der Waals surface area contributed by atoms with Gasteiger partial charge in [-0.3, -0.25) is 0 Å². The Labute approximate surface area is 105 Å². The molecule has 0 aliphatic heterocycles. The topological polar surface area (TPSA) is 78.8 Å². The predicted octanol–water partition coefficient (Wildman–Crippen LogP) is 1.88. The minimum atomic E-state index is -4.60. The van der Waals surface area contributed by atoms with Crippen LogP contribution in [0.2, 0.25) is 0 Å². The van der Waals surface area contributed by atoms with E-state index in [1.807, 2.05) is 0 Å². The predicted molar refractivity (Wildman–Crippen MR) is 61.8 cm³/mol. The highest BCUT2D eigenvalue weighted by atomic mass is 32.2. The lowest BCUT2D eigenvalue weighted by Crippen LogP contribution is -2.20. The summed E-state index contributed by atoms with van der Waals surface area (Å²) in [5.41, 5.74) is 3.85. The number of thioether (sulfide) groups is 1. The summed E-state index contributed by atoms with van der Waals surface area (Å²) < 4.78 is 38.4. The van der Waals surface area contributed by atoms with E-state index in [-0.39, 0.29) is 12.2 Å². The second-order valence-corrected chi connectivity index (χ2v) is 4.43. The Kier molecular flexibility index (Phi) is 4.85. The average Bonchev–Trinajstić information content (AvgIpc) is 2.34. The summed E-state index contributed by atoms with van der Waals surface area (Å²) in [5, 5.41) is 19.6. The molecule has 1 aromatic rings. The van der Waals surface area contributed by atoms with Gasteiger partial charge in [-0.2, -0.15) is 13.2 Å². The van der Waals surface area contributed by atoms with Crippen LogP contribution in [0.5, 0.6) is 0 Å². The number of aliphatic hydroxyl groups is 1. The van der Waals surface area contributed by atoms with Crippen LogP contribution in [0.3, 0.4) is 0 Å². The molecule has 0 spiro atoms. The lowest BCUT2D eigenvalue weighted by molar-refractivity contribution is -0.137. The highest BCUT2D eigenvalue weighted by molar-refractivity contribution is 7.99. The maximum atomic E-state index is 12.8. The van der Waals surface area contributed by atoms with Gasteiger partial charge in [0.2, 0.25) is 0 Å². The van der Waals surface area contributed by atoms with Crippen molar-refractivity contribution >= 4 is 17.6 Å². The number of alkyl halides is 3. The first kappa shape index (κ1) is 14.7. The molecule has 0 aliphatic carbocycles. The normalized spacial score (nSPS) is 12.8. The minimum Gasteiger partial charge on any atom is -0.409 e. The molecular formula is C10H11F3N2O2S. The molecule has 0 fully saturated rings. The molecule has 0 unspecified atom stereocenters. The van der Waals surface area contributed by atoms with Gasteiger partial charge in [0, 0.05) is 16.2 Å². The molecule has 0 bridgehead atoms. The van der Waals surface area contributed by atoms with Gasteiger partial charge in [0.25, 0.3) is 0 Å². The summed E-state index contributed by atoms with van der Waals surface area (Å²) in [6.07, 6.45) is -4.60. The number of benzene rings is 1. The first-order valence-corrected chi connectivity index (χ1v) is 5.81. The SMILES string of the molecule is N/C(=N\O)c1ccc(SCCO)cc1C(F)(F)F. The fraction of sp³-hybridized carbons (Fsp3) is 0.300. The van der Waals surface area contributed by atoms with Crippen LogP contribution in [-0.4, -0.2) is 28.5 Å². The summed E-state index contributed by atoms with van der Waals surface area (Å²) >= 11 is 1.09. The molecule has 1 aromatic carbocycles. The van der Waals surface area contributed by atoms with Crippen molar-refractivity contribution in [2.75, 3.05) is 12.4 Å². The zero-order chi connectivity index (χ0) is 13.8. The standard InChI is InChI=1S/C10H11F3N2O2S/c11-10(12,13)8-5-6(18-4-3-16)1-2-7(8)9(14)15-17/h1-2,5,16-17H,3-4H2,(H2,14,15). The van der Waals surface area contributed by atoms with E-state index in [1.54, 1.807) is 0 Å². The van der Waals surface area contributed by atoms with E-state index in [9.17, 15) is 13.2 Å². The van der Waals surface area contributed by atoms with E-state index in [4.69, 9.17) is 16.0 Å². The van der Waals surface area contributed by atoms with E-state index in [0.29, 0.717) is 10.6 Å². The van der Waals surface area contributed by atoms with Gasteiger partial charge in [-0.1, -0.05) is 5.16 Å². The number of hydrogen-bond donors (Lipinski definition) is 3. The number of oxime groups is 1. The van der Waals surface area contributed by atoms with Gasteiger partial charge >= 0.3 is 6.18 Å². The average molecular weight is 280 g/mol. The van der Waals surface area contributed by atoms with Gasteiger partial charge in [0.05, 0.1) is 12.2 Å². The summed E-state index contributed by atoms with van der Waals surface area (Å²) in [6, 6.07) is 3.47. The fourth-order valence-electron chi connectivity index (χ4n) is 1.29. The van der Waals surface area contributed by atoms with Crippen LogP contribution in [0.4, 0.5) is 13.2 Å². The highest BCUT2D eigenvalue weighted by Crippen LogP contribution is 2.34. The number of nitrogens with zero attached hydrogens (tertiary/aromatic N) is 1. The number of aliphatic hydroxyl groups excluding tert-OH is 1. The molecule has 0 heterocycles. The maximum Gasteiger partial charge on any atom is 0.417 e. The molecule has 0 radical (unpaired) electrons. The monoisotopic (exact) mass is 280 g/mol. The van der Waals surface area contributed by atoms with Crippen molar-refractivity contribution in [1.29, 1.82) is 0 Å². The van der Waals surface area contributed by atoms with Crippen molar-refractivity contribution in [3.63, 3.8) is 0 Å². The quantitative estimate of drug-likeness (QED) is 0.259. The summed E-state index contributed by atoms with van der Waals surface area (Å²) in [5.74, 6) is -0.304. The number of nitrogens with two attached hydrogens (primary N) is 1. The summed E-state index contributed by atoms with van der Waals surface area (Å²) in [6.45, 7) is -0.131. The van der Waals surface area contributed by atoms with Gasteiger partial charge in [0.1, 0.15) is 0 Å². The van der Waals surface area contributed by atoms with Crippen LogP contribution in [0.15, 0.2) is 28.3 Å². The molecule has 0 atom stereocenters. The number of rotatable bonds is 4. The number of hydrogen-bond acceptors (Lipinski definition) is 4. The van der Waals surface area contributed by atoms with Crippen LogP contribution < -0.4 is 5.73 Å². The number of amidine groups is 1. The van der Waals surface area contributed by atoms with E-state index in [0.717, 1.165) is 23.9 Å². The van der Waals surface area contributed by atoms with Gasteiger partial charge in [-0.15, -0.1) is 11.8 Å². The Morgan fingerprint density at radius 3 is 2.56 bits per heavy atom. The molecule has 0 saturated carbocycles. The van der Waals surface area contributed by atoms with E-state index < -0.39 is 17.6 Å². The van der Waals surface area contributed by atoms with Gasteiger partial charge in [-0.25, -0.2) is 0 Å². The Bertz CT molecular complexity index is 449. The first-order valence-electron chi connectivity index (χ1n) is 4.83. The van der Waals surface area contributed by atoms with Crippen molar-refractivity contribution in [2.24, 2.45) is 10.9 Å². The Hall–Kier alpha value is -1.41. The summed E-state index contributed by atoms with van der Waals surface area (Å²) in [7, 11) is 0. The molecule has 100 valence electrons. The lowest BCUT2D eigenvalue weighted by Gasteiger charge is -2.13. The molecule has 0 saturated heterocycles. The third kappa shape index (κ3) is 3.54. The van der Waals surface area contributed by atoms with E-state index >= 15 is 0 Å². The van der Waals surface area contributed by atoms with Crippen molar-refractivity contribution in [3.8, 4) is 0 Å². The van der Waals surface area contributed by atoms with Crippen molar-refractivity contribution in [1.82, 2.24) is 0 Å². The molecule has 0 aliphatic rings. The highest BCUT2D eigenvalue weighted by Gasteiger charge is 2.34. The van der Waals surface area contributed by atoms with Gasteiger partial charge in [0.15, 0.2) is 5.84 Å². The third-order valence-corrected chi connectivity index (χ3v) is 3.01. The van der Waals surface area contributed by atoms with Gasteiger partial charge < -0.3 is 16.0 Å². The third-order valence-electron chi connectivity index (χ3n) is 2.04. The molecule has 1 rings (SSSR count). The largest absolute Gasteiger partial charge is 0.417 e. The minimum absolute atomic E-state index is 0.131. The first-order chi connectivity index (χ1) is 8.40. The Morgan fingerprint density at radius 2 is 2.06 bits per heavy atom. The van der Waals surface area contributed by atoms with Crippen molar-refractivity contribution in [3.05, 3.63) is 29.3 Å². The smallest absolute Gasteiger partial charge is 0.409 e. The lowest BCUT2D eigenvalue weighted by atomic mass is 10.1. The maximum absolute atomic E-state index is 12.8. The Morgan fingerprint density at radius 1 is 1.39 bits per heavy atom. The zero-order valence-corrected chi connectivity index (χ0v) is 9.92. The van der Waals surface area contributed by atoms with E-state index in [1.165, 1.54) is 6.07 Å². The Balaban J connectivity index is 3.21. The van der Waals surface area contributed by atoms with Crippen molar-refractivity contribution < 1.29 is 23.5 Å². The van der Waals surface area contributed by atoms with Gasteiger partial charge in [-0.05, 0) is 18.2 Å². The molecule has 0 amide bonds. The summed E-state index contributed by atoms with van der Waals surface area (Å²) in [4.78, 5) is 0.353. The second kappa shape index (κ2) is 5.96. The van der Waals surface area contributed by atoms with Crippen LogP contribution in [0, 0.1) is 0 Å². The van der Waals surface area contributed by atoms with E-state index in [2.05, 4.69) is 5.16 Å². The number of halogens is 3. The second-order valence-electron chi connectivity index (χ2n) is 3.26. The molecular weight excluding hydrogens is 269 g/mol. The van der Waals surface area contributed by atoms with Crippen LogP contribution in [-0.2, 0) is 6.18 Å². The van der Waals surface area contributed by atoms with Crippen LogP contribution in [0.1, 0.15) is 11.1 Å². The van der Waals surface area contributed by atoms with Crippen LogP contribution in [0.25, 0.3) is 0 Å². The zero-order valence-electron chi connectivity index (χ0n) is 9.11. The molecule has 4 nitrogen and oxygen atoms in total. The fourth-order valence-corrected chi connectivity index (χ4v) is 1.98. The van der Waals surface area contributed by atoms with Crippen molar-refractivity contribution in [2.45, 2.75) is 11.1 Å². The molecule has 8 heteroatoms. The molecule has 0 aromatic heterocycles. The van der Waals surface area contributed by atoms with Crippen LogP contribution >= 0.6 is 11.8 Å². The molecule has 18 heavy (non-hydrogen) atoms.